The van der Waals surface area contributed by atoms with Crippen LogP contribution in [-0.4, -0.2) is 4.92 Å². The second-order valence-corrected chi connectivity index (χ2v) is 6.61. The number of nitrogens with zero attached hydrogens (tertiary/aromatic N) is 1. The van der Waals surface area contributed by atoms with Gasteiger partial charge in [0, 0.05) is 12.1 Å². The highest BCUT2D eigenvalue weighted by Crippen LogP contribution is 2.36. The minimum atomic E-state index is -0.414. The molecule has 3 aromatic rings. The lowest BCUT2D eigenvalue weighted by Gasteiger charge is -2.17. The van der Waals surface area contributed by atoms with E-state index in [4.69, 9.17) is 9.47 Å². The number of rotatable bonds is 8. The molecule has 1 atom stereocenters. The van der Waals surface area contributed by atoms with Crippen molar-refractivity contribution in [1.82, 2.24) is 0 Å². The molecule has 144 valence electrons. The molecule has 0 bridgehead atoms. The van der Waals surface area contributed by atoms with E-state index in [1.165, 1.54) is 12.1 Å². The molecule has 0 radical (unpaired) electrons. The van der Waals surface area contributed by atoms with Gasteiger partial charge in [-0.1, -0.05) is 44.2 Å². The molecule has 0 heterocycles. The van der Waals surface area contributed by atoms with E-state index in [2.05, 4.69) is 19.9 Å². The minimum Gasteiger partial charge on any atom is -0.485 e. The maximum atomic E-state index is 10.8. The van der Waals surface area contributed by atoms with Gasteiger partial charge in [0.1, 0.15) is 12.4 Å². The molecule has 0 saturated carbocycles. The molecule has 0 N–H and O–H groups in total. The zero-order valence-corrected chi connectivity index (χ0v) is 16.0. The molecule has 0 fully saturated rings. The second kappa shape index (κ2) is 9.04. The molecular formula is C23H23NO4. The third kappa shape index (κ3) is 4.68. The Labute approximate surface area is 164 Å². The quantitative estimate of drug-likeness (QED) is 0.333. The number of nitro groups is 1. The fourth-order valence-electron chi connectivity index (χ4n) is 2.85. The summed E-state index contributed by atoms with van der Waals surface area (Å²) >= 11 is 0. The number of hydrogen-bond donors (Lipinski definition) is 0. The summed E-state index contributed by atoms with van der Waals surface area (Å²) in [6, 6.07) is 21.9. The maximum Gasteiger partial charge on any atom is 0.269 e. The average Bonchev–Trinajstić information content (AvgIpc) is 2.73. The number of para-hydroxylation sites is 3. The summed E-state index contributed by atoms with van der Waals surface area (Å²) in [6.45, 7) is 4.63. The van der Waals surface area contributed by atoms with Gasteiger partial charge in [-0.3, -0.25) is 10.1 Å². The molecular weight excluding hydrogens is 354 g/mol. The van der Waals surface area contributed by atoms with E-state index in [1.54, 1.807) is 12.1 Å². The molecule has 28 heavy (non-hydrogen) atoms. The Balaban J connectivity index is 1.76. The summed E-state index contributed by atoms with van der Waals surface area (Å²) in [7, 11) is 0. The molecule has 3 aromatic carbocycles. The van der Waals surface area contributed by atoms with E-state index in [1.807, 2.05) is 42.5 Å². The van der Waals surface area contributed by atoms with Crippen molar-refractivity contribution >= 4 is 5.69 Å². The zero-order chi connectivity index (χ0) is 19.9. The first-order valence-corrected chi connectivity index (χ1v) is 9.30. The van der Waals surface area contributed by atoms with Gasteiger partial charge in [-0.05, 0) is 53.8 Å². The number of benzene rings is 3. The van der Waals surface area contributed by atoms with Crippen LogP contribution in [0.5, 0.6) is 17.2 Å². The van der Waals surface area contributed by atoms with Crippen LogP contribution in [0, 0.1) is 10.1 Å². The Morgan fingerprint density at radius 1 is 0.893 bits per heavy atom. The van der Waals surface area contributed by atoms with Gasteiger partial charge in [0.05, 0.1) is 4.92 Å². The number of ether oxygens (including phenoxy) is 2. The lowest BCUT2D eigenvalue weighted by molar-refractivity contribution is -0.384. The van der Waals surface area contributed by atoms with Crippen LogP contribution in [0.25, 0.3) is 0 Å². The third-order valence-corrected chi connectivity index (χ3v) is 4.67. The van der Waals surface area contributed by atoms with Crippen LogP contribution in [0.2, 0.25) is 0 Å². The van der Waals surface area contributed by atoms with E-state index in [0.29, 0.717) is 24.0 Å². The van der Waals surface area contributed by atoms with Gasteiger partial charge in [0.2, 0.25) is 0 Å². The fraction of sp³-hybridized carbons (Fsp3) is 0.217. The molecule has 0 aliphatic heterocycles. The van der Waals surface area contributed by atoms with Crippen LogP contribution in [-0.2, 0) is 6.61 Å². The minimum absolute atomic E-state index is 0.0640. The van der Waals surface area contributed by atoms with Crippen molar-refractivity contribution in [3.8, 4) is 17.2 Å². The highest BCUT2D eigenvalue weighted by Gasteiger charge is 2.13. The van der Waals surface area contributed by atoms with Crippen molar-refractivity contribution in [1.29, 1.82) is 0 Å². The lowest BCUT2D eigenvalue weighted by Crippen LogP contribution is -2.00. The predicted molar refractivity (Wildman–Crippen MR) is 109 cm³/mol. The van der Waals surface area contributed by atoms with Crippen LogP contribution < -0.4 is 9.47 Å². The molecule has 0 aliphatic carbocycles. The van der Waals surface area contributed by atoms with Gasteiger partial charge in [0.15, 0.2) is 11.5 Å². The Bertz CT molecular complexity index is 937. The Kier molecular flexibility index (Phi) is 6.27. The van der Waals surface area contributed by atoms with E-state index in [0.717, 1.165) is 23.3 Å². The Hall–Kier alpha value is -3.34. The topological polar surface area (TPSA) is 61.6 Å². The van der Waals surface area contributed by atoms with Gasteiger partial charge in [-0.25, -0.2) is 0 Å². The summed E-state index contributed by atoms with van der Waals surface area (Å²) in [6.07, 6.45) is 1.03. The van der Waals surface area contributed by atoms with Crippen molar-refractivity contribution < 1.29 is 14.4 Å². The van der Waals surface area contributed by atoms with E-state index < -0.39 is 4.92 Å². The van der Waals surface area contributed by atoms with Crippen LogP contribution in [0.3, 0.4) is 0 Å². The molecule has 3 rings (SSSR count). The summed E-state index contributed by atoms with van der Waals surface area (Å²) in [5.74, 6) is 2.48. The van der Waals surface area contributed by atoms with Crippen molar-refractivity contribution in [2.45, 2.75) is 32.8 Å². The number of nitro benzene ring substituents is 1. The molecule has 0 amide bonds. The molecule has 0 saturated heterocycles. The normalized spacial score (nSPS) is 11.6. The first-order chi connectivity index (χ1) is 13.6. The summed E-state index contributed by atoms with van der Waals surface area (Å²) in [4.78, 5) is 10.4. The zero-order valence-electron chi connectivity index (χ0n) is 16.0. The second-order valence-electron chi connectivity index (χ2n) is 6.61. The first-order valence-electron chi connectivity index (χ1n) is 9.30. The summed E-state index contributed by atoms with van der Waals surface area (Å²) < 4.78 is 12.1. The smallest absolute Gasteiger partial charge is 0.269 e. The monoisotopic (exact) mass is 377 g/mol. The van der Waals surface area contributed by atoms with Gasteiger partial charge in [-0.2, -0.15) is 0 Å². The molecule has 5 heteroatoms. The van der Waals surface area contributed by atoms with Gasteiger partial charge in [-0.15, -0.1) is 0 Å². The van der Waals surface area contributed by atoms with Crippen LogP contribution in [0.1, 0.15) is 37.3 Å². The van der Waals surface area contributed by atoms with Crippen LogP contribution in [0.4, 0.5) is 5.69 Å². The van der Waals surface area contributed by atoms with E-state index in [-0.39, 0.29) is 5.69 Å². The van der Waals surface area contributed by atoms with Crippen molar-refractivity contribution in [3.63, 3.8) is 0 Å². The highest BCUT2D eigenvalue weighted by molar-refractivity contribution is 5.46. The standard InChI is InChI=1S/C23H23NO4/c1-3-17(2)20-8-4-5-9-21(20)28-23-11-7-6-10-22(23)27-16-18-12-14-19(15-13-18)24(25)26/h4-15,17H,3,16H2,1-2H3. The molecule has 5 nitrogen and oxygen atoms in total. The first kappa shape index (κ1) is 19.4. The Morgan fingerprint density at radius 3 is 2.14 bits per heavy atom. The van der Waals surface area contributed by atoms with Crippen LogP contribution in [0.15, 0.2) is 72.8 Å². The fourth-order valence-corrected chi connectivity index (χ4v) is 2.85. The van der Waals surface area contributed by atoms with Crippen molar-refractivity contribution in [3.05, 3.63) is 94.0 Å². The Morgan fingerprint density at radius 2 is 1.50 bits per heavy atom. The van der Waals surface area contributed by atoms with E-state index in [9.17, 15) is 10.1 Å². The molecule has 0 spiro atoms. The molecule has 1 unspecified atom stereocenters. The average molecular weight is 377 g/mol. The van der Waals surface area contributed by atoms with Gasteiger partial charge >= 0.3 is 0 Å². The lowest BCUT2D eigenvalue weighted by atomic mass is 9.98. The van der Waals surface area contributed by atoms with Gasteiger partial charge < -0.3 is 9.47 Å². The maximum absolute atomic E-state index is 10.8. The number of hydrogen-bond acceptors (Lipinski definition) is 4. The third-order valence-electron chi connectivity index (χ3n) is 4.67. The van der Waals surface area contributed by atoms with Crippen molar-refractivity contribution in [2.24, 2.45) is 0 Å². The summed E-state index contributed by atoms with van der Waals surface area (Å²) in [5.41, 5.74) is 2.07. The summed E-state index contributed by atoms with van der Waals surface area (Å²) in [5, 5.41) is 10.8. The SMILES string of the molecule is CCC(C)c1ccccc1Oc1ccccc1OCc1ccc([N+](=O)[O-])cc1. The molecule has 0 aliphatic rings. The van der Waals surface area contributed by atoms with Gasteiger partial charge in [0.25, 0.3) is 5.69 Å². The van der Waals surface area contributed by atoms with Crippen molar-refractivity contribution in [2.75, 3.05) is 0 Å². The van der Waals surface area contributed by atoms with Crippen LogP contribution >= 0.6 is 0 Å². The number of non-ortho nitro benzene ring substituents is 1. The highest BCUT2D eigenvalue weighted by atomic mass is 16.6. The largest absolute Gasteiger partial charge is 0.485 e. The predicted octanol–water partition coefficient (Wildman–Crippen LogP) is 6.48. The molecule has 0 aromatic heterocycles. The van der Waals surface area contributed by atoms with E-state index >= 15 is 0 Å².